The molecule has 172 valence electrons. The summed E-state index contributed by atoms with van der Waals surface area (Å²) in [7, 11) is 1.52. The van der Waals surface area contributed by atoms with E-state index in [2.05, 4.69) is 82.6 Å². The van der Waals surface area contributed by atoms with Gasteiger partial charge in [0.15, 0.2) is 0 Å². The van der Waals surface area contributed by atoms with E-state index >= 15 is 0 Å². The summed E-state index contributed by atoms with van der Waals surface area (Å²) in [6, 6.07) is 23.4. The van der Waals surface area contributed by atoms with Crippen molar-refractivity contribution in [1.82, 2.24) is 5.43 Å². The van der Waals surface area contributed by atoms with E-state index in [0.29, 0.717) is 23.7 Å². The summed E-state index contributed by atoms with van der Waals surface area (Å²) in [5.74, 6) is 0.782. The highest BCUT2D eigenvalue weighted by Crippen LogP contribution is 2.35. The highest BCUT2D eigenvalue weighted by Gasteiger charge is 2.13. The van der Waals surface area contributed by atoms with Crippen molar-refractivity contribution in [3.05, 3.63) is 103 Å². The number of nitrogens with one attached hydrogen (secondary N) is 1. The Labute approximate surface area is 222 Å². The SMILES string of the molecule is COc1ccc(Br)cc1C(=O)N/N=C\c1cc(Br)c(OCc2cccc3ccccc23)c(Br)c1. The molecule has 4 aromatic carbocycles. The van der Waals surface area contributed by atoms with Crippen molar-refractivity contribution in [3.8, 4) is 11.5 Å². The predicted molar refractivity (Wildman–Crippen MR) is 146 cm³/mol. The lowest BCUT2D eigenvalue weighted by Gasteiger charge is -2.13. The molecule has 0 aliphatic rings. The first kappa shape index (κ1) is 24.4. The third kappa shape index (κ3) is 5.68. The van der Waals surface area contributed by atoms with Gasteiger partial charge in [-0.15, -0.1) is 0 Å². The summed E-state index contributed by atoms with van der Waals surface area (Å²) in [4.78, 5) is 12.5. The Bertz CT molecular complexity index is 1360. The van der Waals surface area contributed by atoms with Gasteiger partial charge in [0.1, 0.15) is 18.1 Å². The van der Waals surface area contributed by atoms with E-state index in [4.69, 9.17) is 9.47 Å². The number of carbonyl (C=O) groups excluding carboxylic acids is 1. The van der Waals surface area contributed by atoms with Crippen molar-refractivity contribution in [2.45, 2.75) is 6.61 Å². The Kier molecular flexibility index (Phi) is 8.03. The molecule has 0 aromatic heterocycles. The molecule has 0 heterocycles. The first-order valence-corrected chi connectivity index (χ1v) is 12.6. The zero-order chi connectivity index (χ0) is 24.1. The van der Waals surface area contributed by atoms with Crippen LogP contribution in [0.3, 0.4) is 0 Å². The number of fused-ring (bicyclic) bond motifs is 1. The van der Waals surface area contributed by atoms with Crippen LogP contribution in [-0.4, -0.2) is 19.2 Å². The van der Waals surface area contributed by atoms with Crippen LogP contribution in [0.1, 0.15) is 21.5 Å². The van der Waals surface area contributed by atoms with Gasteiger partial charge in [-0.2, -0.15) is 5.10 Å². The summed E-state index contributed by atoms with van der Waals surface area (Å²) in [6.07, 6.45) is 1.56. The molecule has 5 nitrogen and oxygen atoms in total. The number of benzene rings is 4. The Morgan fingerprint density at radius 2 is 1.71 bits per heavy atom. The molecule has 0 bridgehead atoms. The molecule has 4 aromatic rings. The van der Waals surface area contributed by atoms with Crippen LogP contribution in [0.5, 0.6) is 11.5 Å². The Morgan fingerprint density at radius 1 is 0.971 bits per heavy atom. The maximum Gasteiger partial charge on any atom is 0.275 e. The molecule has 1 N–H and O–H groups in total. The molecule has 4 rings (SSSR count). The summed E-state index contributed by atoms with van der Waals surface area (Å²) in [5.41, 5.74) is 4.80. The minimum Gasteiger partial charge on any atom is -0.496 e. The molecular weight excluding hydrogens is 628 g/mol. The fourth-order valence-corrected chi connectivity index (χ4v) is 5.26. The minimum absolute atomic E-state index is 0.373. The van der Waals surface area contributed by atoms with Gasteiger partial charge >= 0.3 is 0 Å². The molecule has 1 amide bonds. The van der Waals surface area contributed by atoms with Crippen LogP contribution in [-0.2, 0) is 6.61 Å². The van der Waals surface area contributed by atoms with Gasteiger partial charge in [0.05, 0.1) is 27.8 Å². The van der Waals surface area contributed by atoms with Gasteiger partial charge in [-0.25, -0.2) is 5.43 Å². The third-order valence-corrected chi connectivity index (χ3v) is 6.73. The van der Waals surface area contributed by atoms with Gasteiger partial charge < -0.3 is 9.47 Å². The summed E-state index contributed by atoms with van der Waals surface area (Å²) >= 11 is 10.5. The average molecular weight is 647 g/mol. The van der Waals surface area contributed by atoms with Crippen LogP contribution in [0, 0.1) is 0 Å². The highest BCUT2D eigenvalue weighted by atomic mass is 79.9. The van der Waals surface area contributed by atoms with Gasteiger partial charge in [-0.05, 0) is 84.1 Å². The van der Waals surface area contributed by atoms with Gasteiger partial charge in [0.2, 0.25) is 0 Å². The van der Waals surface area contributed by atoms with E-state index in [0.717, 1.165) is 24.5 Å². The lowest BCUT2D eigenvalue weighted by Crippen LogP contribution is -2.18. The number of amides is 1. The van der Waals surface area contributed by atoms with E-state index in [-0.39, 0.29) is 5.91 Å². The monoisotopic (exact) mass is 644 g/mol. The van der Waals surface area contributed by atoms with Crippen molar-refractivity contribution in [2.75, 3.05) is 7.11 Å². The fraction of sp³-hybridized carbons (Fsp3) is 0.0769. The Morgan fingerprint density at radius 3 is 2.47 bits per heavy atom. The second kappa shape index (κ2) is 11.2. The zero-order valence-corrected chi connectivity index (χ0v) is 22.8. The molecule has 0 saturated heterocycles. The maximum atomic E-state index is 12.5. The molecule has 8 heteroatoms. The molecule has 0 aliphatic heterocycles. The molecule has 0 fully saturated rings. The molecule has 0 saturated carbocycles. The van der Waals surface area contributed by atoms with Crippen molar-refractivity contribution in [3.63, 3.8) is 0 Å². The third-order valence-electron chi connectivity index (χ3n) is 5.06. The summed E-state index contributed by atoms with van der Waals surface area (Å²) in [5, 5.41) is 6.43. The quantitative estimate of drug-likeness (QED) is 0.167. The van der Waals surface area contributed by atoms with Gasteiger partial charge in [-0.1, -0.05) is 58.4 Å². The van der Waals surface area contributed by atoms with E-state index in [1.54, 1.807) is 24.4 Å². The number of hydrazone groups is 1. The van der Waals surface area contributed by atoms with E-state index < -0.39 is 0 Å². The highest BCUT2D eigenvalue weighted by molar-refractivity contribution is 9.11. The smallest absolute Gasteiger partial charge is 0.275 e. The van der Waals surface area contributed by atoms with E-state index in [9.17, 15) is 4.79 Å². The first-order chi connectivity index (χ1) is 16.5. The minimum atomic E-state index is -0.373. The van der Waals surface area contributed by atoms with Crippen molar-refractivity contribution in [2.24, 2.45) is 5.10 Å². The van der Waals surface area contributed by atoms with Crippen molar-refractivity contribution in [1.29, 1.82) is 0 Å². The van der Waals surface area contributed by atoms with Gasteiger partial charge in [0.25, 0.3) is 5.91 Å². The number of halogens is 3. The van der Waals surface area contributed by atoms with Crippen LogP contribution in [0.2, 0.25) is 0 Å². The number of ether oxygens (including phenoxy) is 2. The number of methoxy groups -OCH3 is 1. The number of nitrogens with zero attached hydrogens (tertiary/aromatic N) is 1. The van der Waals surface area contributed by atoms with Crippen LogP contribution >= 0.6 is 47.8 Å². The zero-order valence-electron chi connectivity index (χ0n) is 18.0. The average Bonchev–Trinajstić information content (AvgIpc) is 2.83. The Hall–Kier alpha value is -2.68. The number of rotatable bonds is 7. The topological polar surface area (TPSA) is 59.9 Å². The van der Waals surface area contributed by atoms with Crippen LogP contribution in [0.25, 0.3) is 10.8 Å². The lowest BCUT2D eigenvalue weighted by atomic mass is 10.1. The lowest BCUT2D eigenvalue weighted by molar-refractivity contribution is 0.0952. The van der Waals surface area contributed by atoms with Crippen LogP contribution < -0.4 is 14.9 Å². The molecule has 34 heavy (non-hydrogen) atoms. The molecule has 0 unspecified atom stereocenters. The van der Waals surface area contributed by atoms with Gasteiger partial charge in [-0.3, -0.25) is 4.79 Å². The van der Waals surface area contributed by atoms with E-state index in [1.807, 2.05) is 30.3 Å². The number of hydrogen-bond acceptors (Lipinski definition) is 4. The van der Waals surface area contributed by atoms with Crippen LogP contribution in [0.15, 0.2) is 91.3 Å². The second-order valence-electron chi connectivity index (χ2n) is 7.28. The van der Waals surface area contributed by atoms with E-state index in [1.165, 1.54) is 17.9 Å². The van der Waals surface area contributed by atoms with Gasteiger partial charge in [0, 0.05) is 4.47 Å². The normalized spacial score (nSPS) is 11.1. The second-order valence-corrected chi connectivity index (χ2v) is 9.91. The van der Waals surface area contributed by atoms with Crippen LogP contribution in [0.4, 0.5) is 0 Å². The number of hydrogen-bond donors (Lipinski definition) is 1. The number of carbonyl (C=O) groups is 1. The Balaban J connectivity index is 1.46. The van der Waals surface area contributed by atoms with Crippen molar-refractivity contribution >= 4 is 70.7 Å². The summed E-state index contributed by atoms with van der Waals surface area (Å²) < 4.78 is 13.7. The maximum absolute atomic E-state index is 12.5. The molecule has 0 aliphatic carbocycles. The summed E-state index contributed by atoms with van der Waals surface area (Å²) in [6.45, 7) is 0.427. The molecule has 0 atom stereocenters. The predicted octanol–water partition coefficient (Wildman–Crippen LogP) is 7.48. The fourth-order valence-electron chi connectivity index (χ4n) is 3.44. The first-order valence-electron chi connectivity index (χ1n) is 10.2. The standard InChI is InChI=1S/C26H19Br3N2O3/c1-33-24-10-9-19(27)13-21(24)26(32)31-30-14-16-11-22(28)25(23(29)12-16)34-15-18-7-4-6-17-5-2-3-8-20(17)18/h2-14H,15H2,1H3,(H,31,32)/b30-14-. The largest absolute Gasteiger partial charge is 0.496 e. The molecular formula is C26H19Br3N2O3. The van der Waals surface area contributed by atoms with Crippen molar-refractivity contribution < 1.29 is 14.3 Å². The molecule has 0 radical (unpaired) electrons. The molecule has 0 spiro atoms.